The Balaban J connectivity index is 3.23. The van der Waals surface area contributed by atoms with E-state index in [0.29, 0.717) is 5.69 Å². The Labute approximate surface area is 75.2 Å². The van der Waals surface area contributed by atoms with Crippen molar-refractivity contribution >= 4 is 0 Å². The molecule has 0 radical (unpaired) electrons. The number of nitrogens with zero attached hydrogens (tertiary/aromatic N) is 1. The molecule has 0 aromatic carbocycles. The maximum atomic E-state index is 12.4. The molecule has 1 heterocycles. The van der Waals surface area contributed by atoms with Gasteiger partial charge in [-0.2, -0.15) is 13.2 Å². The van der Waals surface area contributed by atoms with Crippen LogP contribution in [0.2, 0.25) is 0 Å². The summed E-state index contributed by atoms with van der Waals surface area (Å²) >= 11 is 0. The third-order valence-electron chi connectivity index (χ3n) is 1.93. The Kier molecular flexibility index (Phi) is 2.41. The number of rotatable bonds is 1. The van der Waals surface area contributed by atoms with Gasteiger partial charge >= 0.3 is 6.18 Å². The third-order valence-corrected chi connectivity index (χ3v) is 1.93. The van der Waals surface area contributed by atoms with E-state index < -0.39 is 11.9 Å². The van der Waals surface area contributed by atoms with Gasteiger partial charge in [-0.15, -0.1) is 0 Å². The summed E-state index contributed by atoms with van der Waals surface area (Å²) in [6, 6.07) is 2.45. The van der Waals surface area contributed by atoms with Crippen LogP contribution in [0.1, 0.15) is 31.3 Å². The lowest BCUT2D eigenvalue weighted by molar-refractivity contribution is -0.144. The molecule has 0 saturated heterocycles. The lowest BCUT2D eigenvalue weighted by atomic mass is 10.3. The van der Waals surface area contributed by atoms with Gasteiger partial charge in [-0.25, -0.2) is 0 Å². The average molecular weight is 191 g/mol. The smallest absolute Gasteiger partial charge is 0.339 e. The van der Waals surface area contributed by atoms with Gasteiger partial charge in [0.1, 0.15) is 5.69 Å². The quantitative estimate of drug-likeness (QED) is 0.641. The molecule has 13 heavy (non-hydrogen) atoms. The van der Waals surface area contributed by atoms with Crippen molar-refractivity contribution in [1.82, 2.24) is 4.57 Å². The predicted molar refractivity (Wildman–Crippen MR) is 44.6 cm³/mol. The molecule has 1 aromatic rings. The zero-order valence-corrected chi connectivity index (χ0v) is 7.81. The number of halogens is 3. The molecular weight excluding hydrogens is 179 g/mol. The second-order valence-corrected chi connectivity index (χ2v) is 3.32. The third kappa shape index (κ3) is 1.87. The van der Waals surface area contributed by atoms with Crippen LogP contribution in [-0.2, 0) is 6.18 Å². The van der Waals surface area contributed by atoms with Crippen LogP contribution in [0.3, 0.4) is 0 Å². The standard InChI is InChI=1S/C9H12F3N/c1-6(2)13-7(3)4-5-8(13)9(10,11)12/h4-6H,1-3H3. The van der Waals surface area contributed by atoms with Crippen LogP contribution < -0.4 is 0 Å². The molecule has 0 amide bonds. The van der Waals surface area contributed by atoms with E-state index in [9.17, 15) is 13.2 Å². The summed E-state index contributed by atoms with van der Waals surface area (Å²) in [5.74, 6) is 0. The Bertz CT molecular complexity index is 296. The molecule has 0 unspecified atom stereocenters. The van der Waals surface area contributed by atoms with Crippen LogP contribution in [0.15, 0.2) is 12.1 Å². The fourth-order valence-electron chi connectivity index (χ4n) is 1.47. The summed E-state index contributed by atoms with van der Waals surface area (Å²) < 4.78 is 38.5. The van der Waals surface area contributed by atoms with Crippen LogP contribution >= 0.6 is 0 Å². The molecule has 0 N–H and O–H groups in total. The molecule has 0 fully saturated rings. The van der Waals surface area contributed by atoms with E-state index in [-0.39, 0.29) is 6.04 Å². The van der Waals surface area contributed by atoms with Gasteiger partial charge in [0, 0.05) is 11.7 Å². The molecule has 4 heteroatoms. The van der Waals surface area contributed by atoms with Crippen LogP contribution in [0, 0.1) is 6.92 Å². The Morgan fingerprint density at radius 2 is 1.77 bits per heavy atom. The summed E-state index contributed by atoms with van der Waals surface area (Å²) in [4.78, 5) is 0. The highest BCUT2D eigenvalue weighted by Gasteiger charge is 2.35. The minimum absolute atomic E-state index is 0.161. The van der Waals surface area contributed by atoms with Gasteiger partial charge < -0.3 is 4.57 Å². The van der Waals surface area contributed by atoms with E-state index in [2.05, 4.69) is 0 Å². The lowest BCUT2D eigenvalue weighted by Crippen LogP contribution is -2.15. The van der Waals surface area contributed by atoms with Crippen molar-refractivity contribution < 1.29 is 13.2 Å². The van der Waals surface area contributed by atoms with Gasteiger partial charge in [-0.3, -0.25) is 0 Å². The summed E-state index contributed by atoms with van der Waals surface area (Å²) in [6.45, 7) is 5.15. The number of hydrogen-bond donors (Lipinski definition) is 0. The maximum absolute atomic E-state index is 12.4. The molecule has 1 rings (SSSR count). The van der Waals surface area contributed by atoms with Gasteiger partial charge in [0.15, 0.2) is 0 Å². The van der Waals surface area contributed by atoms with E-state index in [0.717, 1.165) is 6.07 Å². The summed E-state index contributed by atoms with van der Waals surface area (Å²) in [5, 5.41) is 0. The van der Waals surface area contributed by atoms with Crippen LogP contribution in [0.4, 0.5) is 13.2 Å². The summed E-state index contributed by atoms with van der Waals surface area (Å²) in [7, 11) is 0. The molecule has 0 spiro atoms. The molecule has 0 aliphatic heterocycles. The van der Waals surface area contributed by atoms with Crippen molar-refractivity contribution in [3.63, 3.8) is 0 Å². The van der Waals surface area contributed by atoms with E-state index in [1.165, 1.54) is 10.6 Å². The second kappa shape index (κ2) is 3.09. The van der Waals surface area contributed by atoms with E-state index >= 15 is 0 Å². The van der Waals surface area contributed by atoms with Crippen molar-refractivity contribution in [2.24, 2.45) is 0 Å². The zero-order valence-electron chi connectivity index (χ0n) is 7.81. The molecule has 0 atom stereocenters. The predicted octanol–water partition coefficient (Wildman–Crippen LogP) is 3.40. The van der Waals surface area contributed by atoms with E-state index in [1.54, 1.807) is 20.8 Å². The highest BCUT2D eigenvalue weighted by molar-refractivity contribution is 5.18. The Morgan fingerprint density at radius 3 is 2.08 bits per heavy atom. The molecular formula is C9H12F3N. The first-order valence-corrected chi connectivity index (χ1v) is 4.09. The van der Waals surface area contributed by atoms with Crippen molar-refractivity contribution in [2.75, 3.05) is 0 Å². The Morgan fingerprint density at radius 1 is 1.23 bits per heavy atom. The molecule has 1 aromatic heterocycles. The van der Waals surface area contributed by atoms with Crippen molar-refractivity contribution in [1.29, 1.82) is 0 Å². The topological polar surface area (TPSA) is 4.93 Å². The van der Waals surface area contributed by atoms with Crippen molar-refractivity contribution in [2.45, 2.75) is 33.0 Å². The molecule has 74 valence electrons. The first-order valence-electron chi connectivity index (χ1n) is 4.09. The van der Waals surface area contributed by atoms with Crippen molar-refractivity contribution in [3.8, 4) is 0 Å². The SMILES string of the molecule is Cc1ccc(C(F)(F)F)n1C(C)C. The zero-order chi connectivity index (χ0) is 10.2. The van der Waals surface area contributed by atoms with Gasteiger partial charge in [-0.1, -0.05) is 0 Å². The molecule has 0 bridgehead atoms. The van der Waals surface area contributed by atoms with Gasteiger partial charge in [-0.05, 0) is 32.9 Å². The van der Waals surface area contributed by atoms with Gasteiger partial charge in [0.2, 0.25) is 0 Å². The van der Waals surface area contributed by atoms with Crippen molar-refractivity contribution in [3.05, 3.63) is 23.5 Å². The average Bonchev–Trinajstić information content (AvgIpc) is 2.28. The second-order valence-electron chi connectivity index (χ2n) is 3.32. The highest BCUT2D eigenvalue weighted by Crippen LogP contribution is 2.32. The lowest BCUT2D eigenvalue weighted by Gasteiger charge is -2.17. The van der Waals surface area contributed by atoms with E-state index in [4.69, 9.17) is 0 Å². The molecule has 1 nitrogen and oxygen atoms in total. The first kappa shape index (κ1) is 10.2. The summed E-state index contributed by atoms with van der Waals surface area (Å²) in [6.07, 6.45) is -4.25. The summed E-state index contributed by atoms with van der Waals surface area (Å²) in [5.41, 5.74) is 0.0716. The fraction of sp³-hybridized carbons (Fsp3) is 0.556. The normalized spacial score (nSPS) is 12.5. The van der Waals surface area contributed by atoms with Crippen LogP contribution in [-0.4, -0.2) is 4.57 Å². The van der Waals surface area contributed by atoms with Gasteiger partial charge in [0.25, 0.3) is 0 Å². The minimum Gasteiger partial charge on any atom is -0.339 e. The minimum atomic E-state index is -4.25. The number of aromatic nitrogens is 1. The number of aryl methyl sites for hydroxylation is 1. The largest absolute Gasteiger partial charge is 0.431 e. The number of hydrogen-bond acceptors (Lipinski definition) is 0. The molecule has 0 aliphatic carbocycles. The first-order chi connectivity index (χ1) is 5.84. The van der Waals surface area contributed by atoms with Crippen LogP contribution in [0.5, 0.6) is 0 Å². The van der Waals surface area contributed by atoms with Gasteiger partial charge in [0.05, 0.1) is 0 Å². The number of alkyl halides is 3. The molecule has 0 saturated carbocycles. The molecule has 0 aliphatic rings. The highest BCUT2D eigenvalue weighted by atomic mass is 19.4. The Hall–Kier alpha value is -0.930. The van der Waals surface area contributed by atoms with Crippen LogP contribution in [0.25, 0.3) is 0 Å². The van der Waals surface area contributed by atoms with E-state index in [1.807, 2.05) is 0 Å². The monoisotopic (exact) mass is 191 g/mol. The maximum Gasteiger partial charge on any atom is 0.431 e. The fourth-order valence-corrected chi connectivity index (χ4v) is 1.47.